The molecule has 0 radical (unpaired) electrons. The molecule has 0 unspecified atom stereocenters. The number of hydrogen-bond donors (Lipinski definition) is 2. The number of amidine groups is 1. The maximum atomic E-state index is 12.9. The van der Waals surface area contributed by atoms with Gasteiger partial charge >= 0.3 is 0 Å². The Morgan fingerprint density at radius 1 is 1.20 bits per heavy atom. The van der Waals surface area contributed by atoms with Crippen molar-refractivity contribution in [1.82, 2.24) is 5.32 Å². The number of nitrogens with zero attached hydrogens (tertiary/aromatic N) is 1. The highest BCUT2D eigenvalue weighted by Gasteiger charge is 2.32. The molecule has 1 fully saturated rings. The Kier molecular flexibility index (Phi) is 5.14. The first-order valence-electron chi connectivity index (χ1n) is 7.68. The number of hydrogen-bond acceptors (Lipinski definition) is 4. The lowest BCUT2D eigenvalue weighted by atomic mass is 10.2. The molecule has 2 N–H and O–H groups in total. The van der Waals surface area contributed by atoms with Crippen LogP contribution in [0, 0.1) is 12.7 Å². The first-order valence-corrected chi connectivity index (χ1v) is 8.56. The van der Waals surface area contributed by atoms with Crippen molar-refractivity contribution in [2.45, 2.75) is 18.6 Å². The smallest absolute Gasteiger partial charge is 0.240 e. The monoisotopic (exact) mass is 357 g/mol. The zero-order chi connectivity index (χ0) is 17.8. The molecule has 0 spiro atoms. The van der Waals surface area contributed by atoms with Crippen molar-refractivity contribution in [2.75, 3.05) is 5.32 Å². The number of halogens is 1. The van der Waals surface area contributed by atoms with E-state index in [0.717, 1.165) is 5.56 Å². The number of thioether (sulfide) groups is 1. The molecule has 0 aliphatic carbocycles. The fourth-order valence-electron chi connectivity index (χ4n) is 2.24. The number of aliphatic imine (C=N–C) groups is 1. The molecule has 2 aromatic carbocycles. The minimum Gasteiger partial charge on any atom is -0.326 e. The van der Waals surface area contributed by atoms with Crippen LogP contribution in [0.4, 0.5) is 15.8 Å². The summed E-state index contributed by atoms with van der Waals surface area (Å²) in [7, 11) is 0. The van der Waals surface area contributed by atoms with Crippen molar-refractivity contribution in [1.29, 1.82) is 0 Å². The minimum atomic E-state index is -0.537. The van der Waals surface area contributed by atoms with E-state index in [1.807, 2.05) is 31.2 Å². The lowest BCUT2D eigenvalue weighted by molar-refractivity contribution is -0.122. The summed E-state index contributed by atoms with van der Waals surface area (Å²) < 4.78 is 12.9. The van der Waals surface area contributed by atoms with Gasteiger partial charge in [0.2, 0.25) is 11.8 Å². The van der Waals surface area contributed by atoms with Gasteiger partial charge in [-0.1, -0.05) is 29.5 Å². The number of rotatable bonds is 4. The van der Waals surface area contributed by atoms with Gasteiger partial charge in [-0.3, -0.25) is 9.59 Å². The second-order valence-electron chi connectivity index (χ2n) is 5.61. The van der Waals surface area contributed by atoms with Crippen molar-refractivity contribution in [3.63, 3.8) is 0 Å². The van der Waals surface area contributed by atoms with Gasteiger partial charge in [0.25, 0.3) is 0 Å². The summed E-state index contributed by atoms with van der Waals surface area (Å²) in [6.07, 6.45) is 0.0484. The highest BCUT2D eigenvalue weighted by Crippen LogP contribution is 2.25. The quantitative estimate of drug-likeness (QED) is 0.881. The van der Waals surface area contributed by atoms with Crippen LogP contribution in [0.1, 0.15) is 12.0 Å². The van der Waals surface area contributed by atoms with Crippen molar-refractivity contribution >= 4 is 40.1 Å². The van der Waals surface area contributed by atoms with Gasteiger partial charge in [-0.25, -0.2) is 9.38 Å². The number of nitrogens with one attached hydrogen (secondary N) is 2. The summed E-state index contributed by atoms with van der Waals surface area (Å²) in [5, 5.41) is 5.29. The van der Waals surface area contributed by atoms with Gasteiger partial charge in [0, 0.05) is 12.1 Å². The Labute approximate surface area is 148 Å². The van der Waals surface area contributed by atoms with Crippen LogP contribution in [0.25, 0.3) is 0 Å². The topological polar surface area (TPSA) is 70.6 Å². The van der Waals surface area contributed by atoms with Crippen molar-refractivity contribution in [3.8, 4) is 0 Å². The van der Waals surface area contributed by atoms with E-state index in [2.05, 4.69) is 15.6 Å². The fraction of sp³-hybridized carbons (Fsp3) is 0.167. The maximum Gasteiger partial charge on any atom is 0.240 e. The molecule has 1 saturated heterocycles. The molecule has 1 aliphatic heterocycles. The number of anilines is 1. The van der Waals surface area contributed by atoms with Crippen molar-refractivity contribution in [3.05, 3.63) is 59.9 Å². The maximum absolute atomic E-state index is 12.9. The van der Waals surface area contributed by atoms with Crippen molar-refractivity contribution < 1.29 is 14.0 Å². The molecule has 128 valence electrons. The van der Waals surface area contributed by atoms with Gasteiger partial charge in [-0.05, 0) is 43.3 Å². The lowest BCUT2D eigenvalue weighted by Gasteiger charge is -2.07. The fourth-order valence-corrected chi connectivity index (χ4v) is 3.23. The third-order valence-electron chi connectivity index (χ3n) is 3.54. The highest BCUT2D eigenvalue weighted by molar-refractivity contribution is 8.15. The Hall–Kier alpha value is -2.67. The van der Waals surface area contributed by atoms with E-state index >= 15 is 0 Å². The van der Waals surface area contributed by atoms with Gasteiger partial charge in [-0.15, -0.1) is 0 Å². The highest BCUT2D eigenvalue weighted by atomic mass is 32.2. The summed E-state index contributed by atoms with van der Waals surface area (Å²) in [6, 6.07) is 13.1. The molecule has 3 rings (SSSR count). The first-order chi connectivity index (χ1) is 12.0. The minimum absolute atomic E-state index is 0.0484. The van der Waals surface area contributed by atoms with Gasteiger partial charge in [0.15, 0.2) is 5.17 Å². The Balaban J connectivity index is 1.59. The molecule has 1 aliphatic rings. The van der Waals surface area contributed by atoms with Gasteiger partial charge < -0.3 is 10.6 Å². The van der Waals surface area contributed by atoms with E-state index in [4.69, 9.17) is 0 Å². The van der Waals surface area contributed by atoms with E-state index < -0.39 is 5.25 Å². The molecule has 0 saturated carbocycles. The molecule has 0 aromatic heterocycles. The third kappa shape index (κ3) is 4.67. The number of benzene rings is 2. The van der Waals surface area contributed by atoms with E-state index in [1.165, 1.54) is 36.0 Å². The average Bonchev–Trinajstić information content (AvgIpc) is 2.91. The molecule has 5 nitrogen and oxygen atoms in total. The summed E-state index contributed by atoms with van der Waals surface area (Å²) >= 11 is 1.19. The number of carbonyl (C=O) groups excluding carboxylic acids is 2. The normalized spacial score (nSPS) is 18.2. The largest absolute Gasteiger partial charge is 0.326 e. The van der Waals surface area contributed by atoms with Crippen LogP contribution in [0.3, 0.4) is 0 Å². The van der Waals surface area contributed by atoms with E-state index in [0.29, 0.717) is 16.5 Å². The average molecular weight is 357 g/mol. The Morgan fingerprint density at radius 3 is 2.56 bits per heavy atom. The summed E-state index contributed by atoms with van der Waals surface area (Å²) in [5.41, 5.74) is 2.33. The second kappa shape index (κ2) is 7.48. The molecule has 0 bridgehead atoms. The van der Waals surface area contributed by atoms with Gasteiger partial charge in [0.1, 0.15) is 11.1 Å². The van der Waals surface area contributed by atoms with Crippen molar-refractivity contribution in [2.24, 2.45) is 4.99 Å². The van der Waals surface area contributed by atoms with E-state index in [9.17, 15) is 14.0 Å². The number of amides is 2. The molecule has 1 atom stereocenters. The predicted molar refractivity (Wildman–Crippen MR) is 97.4 cm³/mol. The van der Waals surface area contributed by atoms with E-state index in [-0.39, 0.29) is 24.1 Å². The van der Waals surface area contributed by atoms with Gasteiger partial charge in [-0.2, -0.15) is 0 Å². The number of aryl methyl sites for hydroxylation is 1. The molecular formula is C18H16FN3O2S. The molecule has 1 heterocycles. The van der Waals surface area contributed by atoms with E-state index in [1.54, 1.807) is 0 Å². The Bertz CT molecular complexity index is 819. The van der Waals surface area contributed by atoms with Crippen LogP contribution in [-0.4, -0.2) is 22.2 Å². The summed E-state index contributed by atoms with van der Waals surface area (Å²) in [6.45, 7) is 1.97. The first kappa shape index (κ1) is 17.2. The van der Waals surface area contributed by atoms with Crippen LogP contribution in [0.5, 0.6) is 0 Å². The third-order valence-corrected chi connectivity index (χ3v) is 4.62. The molecule has 2 amide bonds. The zero-order valence-corrected chi connectivity index (χ0v) is 14.3. The SMILES string of the molecule is Cc1ccc(NC(=O)C[C@H]2SC(=Nc3ccc(F)cc3)NC2=O)cc1. The van der Waals surface area contributed by atoms with Crippen LogP contribution in [0.2, 0.25) is 0 Å². The van der Waals surface area contributed by atoms with Crippen LogP contribution in [-0.2, 0) is 9.59 Å². The number of carbonyl (C=O) groups is 2. The molecule has 25 heavy (non-hydrogen) atoms. The molecule has 2 aromatic rings. The standard InChI is InChI=1S/C18H16FN3O2S/c1-11-2-6-13(7-3-11)20-16(23)10-15-17(24)22-18(25-15)21-14-8-4-12(19)5-9-14/h2-9,15H,10H2,1H3,(H,20,23)(H,21,22,24)/t15-/m1/s1. The Morgan fingerprint density at radius 2 is 1.88 bits per heavy atom. The van der Waals surface area contributed by atoms with Crippen LogP contribution >= 0.6 is 11.8 Å². The molecular weight excluding hydrogens is 341 g/mol. The zero-order valence-electron chi connectivity index (χ0n) is 13.5. The molecule has 7 heteroatoms. The van der Waals surface area contributed by atoms with Crippen LogP contribution < -0.4 is 10.6 Å². The summed E-state index contributed by atoms with van der Waals surface area (Å²) in [5.74, 6) is -0.845. The van der Waals surface area contributed by atoms with Gasteiger partial charge in [0.05, 0.1) is 5.69 Å². The predicted octanol–water partition coefficient (Wildman–Crippen LogP) is 3.38. The lowest BCUT2D eigenvalue weighted by Crippen LogP contribution is -2.28. The second-order valence-corrected chi connectivity index (χ2v) is 6.80. The van der Waals surface area contributed by atoms with Crippen LogP contribution in [0.15, 0.2) is 53.5 Å². The summed E-state index contributed by atoms with van der Waals surface area (Å²) in [4.78, 5) is 28.4.